The third kappa shape index (κ3) is 19.3. The summed E-state index contributed by atoms with van der Waals surface area (Å²) < 4.78 is 17.0. The zero-order chi connectivity index (χ0) is 31.2. The second-order valence-corrected chi connectivity index (χ2v) is 10.9. The number of aliphatic carboxylic acids is 2. The Hall–Kier alpha value is -2.49. The number of carboxylic acid groups (broad SMARTS) is 2. The van der Waals surface area contributed by atoms with Crippen LogP contribution in [0.2, 0.25) is 0 Å². The summed E-state index contributed by atoms with van der Waals surface area (Å²) >= 11 is -2.03. The normalized spacial score (nSPS) is 15.1. The summed E-state index contributed by atoms with van der Waals surface area (Å²) in [6.45, 7) is 0. The van der Waals surface area contributed by atoms with Crippen molar-refractivity contribution in [3.05, 3.63) is 0 Å². The van der Waals surface area contributed by atoms with E-state index in [2.05, 4.69) is 0 Å². The predicted molar refractivity (Wildman–Crippen MR) is 138 cm³/mol. The molecule has 232 valence electrons. The van der Waals surface area contributed by atoms with Crippen LogP contribution in [-0.2, 0) is 54.1 Å². The van der Waals surface area contributed by atoms with Gasteiger partial charge in [-0.15, -0.1) is 0 Å². The summed E-state index contributed by atoms with van der Waals surface area (Å²) in [5.74, 6) is -2.98. The average molecular weight is 665 g/mol. The second kappa shape index (κ2) is 23.1. The first-order valence-corrected chi connectivity index (χ1v) is 15.9. The van der Waals surface area contributed by atoms with Gasteiger partial charge in [0, 0.05) is 51.0 Å². The molecule has 0 unspecified atom stereocenters. The second-order valence-electron chi connectivity index (χ2n) is 10.5. The van der Waals surface area contributed by atoms with Gasteiger partial charge in [0.15, 0.2) is 0 Å². The molecule has 2 aliphatic rings. The third-order valence-corrected chi connectivity index (χ3v) is 7.40. The van der Waals surface area contributed by atoms with Crippen LogP contribution in [0, 0.1) is 0 Å². The van der Waals surface area contributed by atoms with Gasteiger partial charge in [0.2, 0.25) is 11.8 Å². The zero-order valence-corrected chi connectivity index (χ0v) is 26.3. The molecule has 0 aromatic carbocycles. The molecule has 2 aliphatic carbocycles. The monoisotopic (exact) mass is 666 g/mol. The Morgan fingerprint density at radius 1 is 0.585 bits per heavy atom. The number of carboxylic acids is 2. The summed E-state index contributed by atoms with van der Waals surface area (Å²) in [4.78, 5) is 70.8. The number of Topliss-reactive ketones (excluding diaryl/α,β-unsaturated/α-hetero) is 2. The maximum absolute atomic E-state index is 11.9. The summed E-state index contributed by atoms with van der Waals surface area (Å²) in [6, 6.07) is 0.523. The van der Waals surface area contributed by atoms with Crippen LogP contribution in [0.3, 0.4) is 0 Å². The van der Waals surface area contributed by atoms with Crippen molar-refractivity contribution >= 4 is 35.3 Å². The molecular formula is C28H44MoN2O10. The molecule has 2 amide bonds. The molecule has 0 atom stereocenters. The molecule has 2 saturated carbocycles. The van der Waals surface area contributed by atoms with Crippen molar-refractivity contribution < 1.29 is 64.3 Å². The average Bonchev–Trinajstić information content (AvgIpc) is 2.93. The van der Waals surface area contributed by atoms with Crippen molar-refractivity contribution in [1.29, 1.82) is 0 Å². The van der Waals surface area contributed by atoms with Gasteiger partial charge in [-0.1, -0.05) is 38.5 Å². The third-order valence-electron chi connectivity index (χ3n) is 7.40. The fourth-order valence-corrected chi connectivity index (χ4v) is 4.97. The van der Waals surface area contributed by atoms with Crippen molar-refractivity contribution in [1.82, 2.24) is 9.80 Å². The quantitative estimate of drug-likeness (QED) is 0.192. The number of carbonyl (C=O) groups excluding carboxylic acids is 6. The SMILES string of the molecule is CN(C(=O)CC(=O)CCCC(=O)[O-])C1CCCCC1.CN(C(=O)CC(=O)CCCC(=O)[O-])C1CCCCC1.[O]=[Mo+2]=[O]. The molecule has 0 aliphatic heterocycles. The van der Waals surface area contributed by atoms with E-state index < -0.39 is 30.4 Å². The Balaban J connectivity index is 0.000000712. The van der Waals surface area contributed by atoms with Crippen LogP contribution >= 0.6 is 0 Å². The zero-order valence-electron chi connectivity index (χ0n) is 24.3. The van der Waals surface area contributed by atoms with E-state index in [1.165, 1.54) is 12.8 Å². The maximum atomic E-state index is 11.9. The van der Waals surface area contributed by atoms with Gasteiger partial charge in [-0.25, -0.2) is 0 Å². The van der Waals surface area contributed by atoms with Gasteiger partial charge in [0.05, 0.1) is 12.8 Å². The molecule has 12 nitrogen and oxygen atoms in total. The van der Waals surface area contributed by atoms with Crippen LogP contribution in [0.4, 0.5) is 0 Å². The Bertz CT molecular complexity index is 826. The fraction of sp³-hybridized carbons (Fsp3) is 0.786. The van der Waals surface area contributed by atoms with Gasteiger partial charge in [0.25, 0.3) is 0 Å². The molecule has 0 saturated heterocycles. The van der Waals surface area contributed by atoms with Crippen molar-refractivity contribution in [3.63, 3.8) is 0 Å². The topological polar surface area (TPSA) is 189 Å². The molecule has 0 spiro atoms. The molecule has 41 heavy (non-hydrogen) atoms. The van der Waals surface area contributed by atoms with E-state index in [4.69, 9.17) is 6.80 Å². The van der Waals surface area contributed by atoms with Crippen LogP contribution in [0.25, 0.3) is 0 Å². The van der Waals surface area contributed by atoms with Gasteiger partial charge in [-0.2, -0.15) is 0 Å². The van der Waals surface area contributed by atoms with Crippen molar-refractivity contribution in [2.24, 2.45) is 0 Å². The first-order valence-electron chi connectivity index (χ1n) is 14.3. The van der Waals surface area contributed by atoms with Crippen LogP contribution in [0.5, 0.6) is 0 Å². The Morgan fingerprint density at radius 3 is 1.15 bits per heavy atom. The number of carbonyl (C=O) groups is 6. The Kier molecular flexibility index (Phi) is 21.7. The summed E-state index contributed by atoms with van der Waals surface area (Å²) in [7, 11) is 3.51. The van der Waals surface area contributed by atoms with Gasteiger partial charge < -0.3 is 29.6 Å². The molecule has 0 radical (unpaired) electrons. The van der Waals surface area contributed by atoms with E-state index in [0.29, 0.717) is 0 Å². The summed E-state index contributed by atoms with van der Waals surface area (Å²) in [5, 5.41) is 20.4. The molecule has 0 aromatic heterocycles. The van der Waals surface area contributed by atoms with E-state index in [0.717, 1.165) is 51.4 Å². The van der Waals surface area contributed by atoms with Crippen LogP contribution in [-0.4, -0.2) is 71.3 Å². The first-order chi connectivity index (χ1) is 19.4. The molecule has 0 bridgehead atoms. The minimum absolute atomic E-state index is 0.111. The molecule has 0 N–H and O–H groups in total. The van der Waals surface area contributed by atoms with Crippen molar-refractivity contribution in [3.8, 4) is 0 Å². The van der Waals surface area contributed by atoms with Crippen LogP contribution < -0.4 is 10.2 Å². The molecule has 0 aromatic rings. The standard InChI is InChI=1S/2C14H23NO4.Mo.2O/c2*1-15(11-6-3-2-4-7-11)13(17)10-12(16)8-5-9-14(18)19;;;/h2*11H,2-10H2,1H3,(H,18,19);;;/q;;+2;;/p-2. The Morgan fingerprint density at radius 2 is 0.878 bits per heavy atom. The fourth-order valence-electron chi connectivity index (χ4n) is 4.97. The minimum atomic E-state index is -2.03. The van der Waals surface area contributed by atoms with E-state index in [9.17, 15) is 39.0 Å². The van der Waals surface area contributed by atoms with Gasteiger partial charge in [-0.05, 0) is 51.4 Å². The van der Waals surface area contributed by atoms with E-state index in [1.807, 2.05) is 0 Å². The van der Waals surface area contributed by atoms with E-state index in [-0.39, 0.29) is 86.8 Å². The molecule has 2 rings (SSSR count). The van der Waals surface area contributed by atoms with Gasteiger partial charge in [-0.3, -0.25) is 19.2 Å². The number of nitrogens with zero attached hydrogens (tertiary/aromatic N) is 2. The van der Waals surface area contributed by atoms with Crippen molar-refractivity contribution in [2.45, 2.75) is 128 Å². The number of rotatable bonds is 14. The predicted octanol–water partition coefficient (Wildman–Crippen LogP) is 1.07. The van der Waals surface area contributed by atoms with Gasteiger partial charge >= 0.3 is 25.3 Å². The van der Waals surface area contributed by atoms with Crippen LogP contribution in [0.15, 0.2) is 0 Å². The summed E-state index contributed by atoms with van der Waals surface area (Å²) in [6.07, 6.45) is 11.4. The molecular weight excluding hydrogens is 620 g/mol. The van der Waals surface area contributed by atoms with E-state index in [1.54, 1.807) is 23.9 Å². The van der Waals surface area contributed by atoms with Crippen LogP contribution in [0.1, 0.15) is 116 Å². The first kappa shape index (κ1) is 38.5. The van der Waals surface area contributed by atoms with Crippen molar-refractivity contribution in [2.75, 3.05) is 14.1 Å². The molecule has 0 heterocycles. The number of amides is 2. The number of hydrogen-bond donors (Lipinski definition) is 0. The molecule has 13 heteroatoms. The van der Waals surface area contributed by atoms with Gasteiger partial charge in [0.1, 0.15) is 11.6 Å². The molecule has 2 fully saturated rings. The number of hydrogen-bond acceptors (Lipinski definition) is 10. The number of ketones is 2. The Labute approximate surface area is 250 Å². The van der Waals surface area contributed by atoms with E-state index >= 15 is 0 Å². The summed E-state index contributed by atoms with van der Waals surface area (Å²) in [5.41, 5.74) is 0.